The average molecular weight is 373 g/mol. The summed E-state index contributed by atoms with van der Waals surface area (Å²) >= 11 is 5.91. The number of methoxy groups -OCH3 is 1. The second-order valence-electron chi connectivity index (χ2n) is 6.69. The first-order chi connectivity index (χ1) is 12.4. The van der Waals surface area contributed by atoms with Gasteiger partial charge < -0.3 is 15.4 Å². The summed E-state index contributed by atoms with van der Waals surface area (Å²) in [6, 6.07) is 14.8. The molecular formula is C20H21ClN2O3. The van der Waals surface area contributed by atoms with Gasteiger partial charge in [0.1, 0.15) is 5.75 Å². The number of likely N-dealkylation sites (tertiary alicyclic amines) is 1. The maximum atomic E-state index is 12.6. The standard InChI is InChI=1S/C20H21ClN2O3/c1-26-17-5-3-2-4-15(17)10-18(24)23-12-20(13-23,19(22)25)11-14-6-8-16(21)9-7-14/h2-9H,10-13H2,1H3,(H2,22,25). The molecule has 26 heavy (non-hydrogen) atoms. The first kappa shape index (κ1) is 18.3. The van der Waals surface area contributed by atoms with Gasteiger partial charge in [0.05, 0.1) is 18.9 Å². The van der Waals surface area contributed by atoms with Gasteiger partial charge in [0.15, 0.2) is 0 Å². The summed E-state index contributed by atoms with van der Waals surface area (Å²) < 4.78 is 5.29. The van der Waals surface area contributed by atoms with Crippen LogP contribution in [0.3, 0.4) is 0 Å². The molecule has 2 aromatic carbocycles. The van der Waals surface area contributed by atoms with Crippen LogP contribution in [0.5, 0.6) is 5.75 Å². The van der Waals surface area contributed by atoms with Gasteiger partial charge in [0.2, 0.25) is 11.8 Å². The average Bonchev–Trinajstić information content (AvgIpc) is 2.59. The van der Waals surface area contributed by atoms with Crippen molar-refractivity contribution < 1.29 is 14.3 Å². The summed E-state index contributed by atoms with van der Waals surface area (Å²) in [6.07, 6.45) is 0.734. The van der Waals surface area contributed by atoms with Crippen LogP contribution in [0.25, 0.3) is 0 Å². The molecule has 0 spiro atoms. The van der Waals surface area contributed by atoms with Gasteiger partial charge >= 0.3 is 0 Å². The topological polar surface area (TPSA) is 72.6 Å². The highest BCUT2D eigenvalue weighted by Crippen LogP contribution is 2.35. The van der Waals surface area contributed by atoms with Crippen LogP contribution >= 0.6 is 11.6 Å². The quantitative estimate of drug-likeness (QED) is 0.846. The Morgan fingerprint density at radius 2 is 1.81 bits per heavy atom. The summed E-state index contributed by atoms with van der Waals surface area (Å²) in [7, 11) is 1.58. The number of rotatable bonds is 6. The van der Waals surface area contributed by atoms with Crippen molar-refractivity contribution in [1.82, 2.24) is 4.90 Å². The Labute approximate surface area is 157 Å². The van der Waals surface area contributed by atoms with Gasteiger partial charge in [-0.25, -0.2) is 0 Å². The van der Waals surface area contributed by atoms with E-state index < -0.39 is 5.41 Å². The zero-order valence-electron chi connectivity index (χ0n) is 14.6. The van der Waals surface area contributed by atoms with E-state index in [4.69, 9.17) is 22.1 Å². The van der Waals surface area contributed by atoms with Crippen molar-refractivity contribution in [2.24, 2.45) is 11.1 Å². The summed E-state index contributed by atoms with van der Waals surface area (Å²) in [5, 5.41) is 0.643. The number of amides is 2. The van der Waals surface area contributed by atoms with Gasteiger partial charge in [-0.2, -0.15) is 0 Å². The lowest BCUT2D eigenvalue weighted by Crippen LogP contribution is -2.65. The molecule has 1 saturated heterocycles. The van der Waals surface area contributed by atoms with E-state index >= 15 is 0 Å². The number of carbonyl (C=O) groups is 2. The minimum Gasteiger partial charge on any atom is -0.496 e. The van der Waals surface area contributed by atoms with Crippen LogP contribution in [0.2, 0.25) is 5.02 Å². The third-order valence-electron chi connectivity index (χ3n) is 4.85. The molecule has 1 aliphatic rings. The Balaban J connectivity index is 1.66. The fraction of sp³-hybridized carbons (Fsp3) is 0.300. The molecule has 0 atom stereocenters. The molecule has 0 aromatic heterocycles. The first-order valence-corrected chi connectivity index (χ1v) is 8.75. The maximum Gasteiger partial charge on any atom is 0.227 e. The van der Waals surface area contributed by atoms with E-state index in [1.807, 2.05) is 36.4 Å². The molecule has 1 fully saturated rings. The summed E-state index contributed by atoms with van der Waals surface area (Å²) in [4.78, 5) is 26.3. The molecular weight excluding hydrogens is 352 g/mol. The zero-order valence-corrected chi connectivity index (χ0v) is 15.3. The molecule has 0 bridgehead atoms. The largest absolute Gasteiger partial charge is 0.496 e. The maximum absolute atomic E-state index is 12.6. The fourth-order valence-corrected chi connectivity index (χ4v) is 3.46. The predicted octanol–water partition coefficient (Wildman–Crippen LogP) is 2.45. The van der Waals surface area contributed by atoms with E-state index in [1.165, 1.54) is 0 Å². The summed E-state index contributed by atoms with van der Waals surface area (Å²) in [5.41, 5.74) is 6.74. The van der Waals surface area contributed by atoms with Crippen LogP contribution in [0.15, 0.2) is 48.5 Å². The Hall–Kier alpha value is -2.53. The van der Waals surface area contributed by atoms with Crippen molar-refractivity contribution in [3.05, 3.63) is 64.7 Å². The Kier molecular flexibility index (Phi) is 5.18. The third-order valence-corrected chi connectivity index (χ3v) is 5.10. The van der Waals surface area contributed by atoms with E-state index in [0.717, 1.165) is 11.1 Å². The first-order valence-electron chi connectivity index (χ1n) is 8.37. The lowest BCUT2D eigenvalue weighted by Gasteiger charge is -2.48. The minimum absolute atomic E-state index is 0.0394. The van der Waals surface area contributed by atoms with E-state index in [1.54, 1.807) is 24.1 Å². The van der Waals surface area contributed by atoms with Gasteiger partial charge in [0, 0.05) is 23.7 Å². The van der Waals surface area contributed by atoms with E-state index in [-0.39, 0.29) is 18.2 Å². The molecule has 2 aromatic rings. The molecule has 0 saturated carbocycles. The van der Waals surface area contributed by atoms with Crippen LogP contribution in [0.1, 0.15) is 11.1 Å². The van der Waals surface area contributed by atoms with Crippen LogP contribution in [0.4, 0.5) is 0 Å². The van der Waals surface area contributed by atoms with Crippen molar-refractivity contribution in [1.29, 1.82) is 0 Å². The number of primary amides is 1. The molecule has 2 amide bonds. The highest BCUT2D eigenvalue weighted by Gasteiger charge is 2.49. The number of para-hydroxylation sites is 1. The number of benzene rings is 2. The van der Waals surface area contributed by atoms with Crippen LogP contribution < -0.4 is 10.5 Å². The molecule has 0 radical (unpaired) electrons. The molecule has 2 N–H and O–H groups in total. The van der Waals surface area contributed by atoms with Gasteiger partial charge in [-0.1, -0.05) is 41.9 Å². The summed E-state index contributed by atoms with van der Waals surface area (Å²) in [6.45, 7) is 0.665. The van der Waals surface area contributed by atoms with Gasteiger partial charge in [-0.3, -0.25) is 9.59 Å². The molecule has 5 nitrogen and oxygen atoms in total. The fourth-order valence-electron chi connectivity index (χ4n) is 3.33. The third kappa shape index (κ3) is 3.68. The monoisotopic (exact) mass is 372 g/mol. The van der Waals surface area contributed by atoms with Crippen molar-refractivity contribution in [3.8, 4) is 5.75 Å². The van der Waals surface area contributed by atoms with Crippen LogP contribution in [-0.4, -0.2) is 36.9 Å². The number of ether oxygens (including phenoxy) is 1. The predicted molar refractivity (Wildman–Crippen MR) is 100 cm³/mol. The smallest absolute Gasteiger partial charge is 0.227 e. The SMILES string of the molecule is COc1ccccc1CC(=O)N1CC(Cc2ccc(Cl)cc2)(C(N)=O)C1. The van der Waals surface area contributed by atoms with E-state index in [9.17, 15) is 9.59 Å². The van der Waals surface area contributed by atoms with E-state index in [2.05, 4.69) is 0 Å². The molecule has 136 valence electrons. The zero-order chi connectivity index (χ0) is 18.7. The second-order valence-corrected chi connectivity index (χ2v) is 7.12. The van der Waals surface area contributed by atoms with E-state index in [0.29, 0.717) is 30.3 Å². The summed E-state index contributed by atoms with van der Waals surface area (Å²) in [5.74, 6) is 0.264. The van der Waals surface area contributed by atoms with Gasteiger partial charge in [-0.05, 0) is 30.2 Å². The minimum atomic E-state index is -0.718. The normalized spacial score (nSPS) is 15.2. The molecule has 6 heteroatoms. The number of hydrogen-bond acceptors (Lipinski definition) is 3. The number of hydrogen-bond donors (Lipinski definition) is 1. The lowest BCUT2D eigenvalue weighted by molar-refractivity contribution is -0.151. The molecule has 1 aliphatic heterocycles. The number of nitrogens with zero attached hydrogens (tertiary/aromatic N) is 1. The van der Waals surface area contributed by atoms with Crippen molar-refractivity contribution in [3.63, 3.8) is 0 Å². The molecule has 3 rings (SSSR count). The number of nitrogens with two attached hydrogens (primary N) is 1. The van der Waals surface area contributed by atoms with Crippen molar-refractivity contribution >= 4 is 23.4 Å². The number of carbonyl (C=O) groups excluding carboxylic acids is 2. The highest BCUT2D eigenvalue weighted by atomic mass is 35.5. The van der Waals surface area contributed by atoms with Crippen LogP contribution in [0, 0.1) is 5.41 Å². The van der Waals surface area contributed by atoms with Gasteiger partial charge in [-0.15, -0.1) is 0 Å². The molecule has 0 aliphatic carbocycles. The van der Waals surface area contributed by atoms with Gasteiger partial charge in [0.25, 0.3) is 0 Å². The number of halogens is 1. The second kappa shape index (κ2) is 7.38. The van der Waals surface area contributed by atoms with Crippen molar-refractivity contribution in [2.45, 2.75) is 12.8 Å². The Morgan fingerprint density at radius 3 is 2.42 bits per heavy atom. The van der Waals surface area contributed by atoms with Crippen molar-refractivity contribution in [2.75, 3.05) is 20.2 Å². The van der Waals surface area contributed by atoms with Crippen LogP contribution in [-0.2, 0) is 22.4 Å². The Bertz CT molecular complexity index is 814. The molecule has 1 heterocycles. The Morgan fingerprint density at radius 1 is 1.15 bits per heavy atom. The molecule has 0 unspecified atom stereocenters. The lowest BCUT2D eigenvalue weighted by atomic mass is 9.74. The highest BCUT2D eigenvalue weighted by molar-refractivity contribution is 6.30.